The molecule has 2 N–H and O–H groups in total. The zero-order valence-corrected chi connectivity index (χ0v) is 14.6. The van der Waals surface area contributed by atoms with Gasteiger partial charge in [-0.15, -0.1) is 0 Å². The van der Waals surface area contributed by atoms with Crippen molar-refractivity contribution in [1.29, 1.82) is 0 Å². The molecule has 0 aromatic heterocycles. The highest BCUT2D eigenvalue weighted by molar-refractivity contribution is 5.40. The Morgan fingerprint density at radius 3 is 1.96 bits per heavy atom. The maximum absolute atomic E-state index is 13.3. The topological polar surface area (TPSA) is 35.1 Å². The number of nitrogens with two attached hydrogens (primary N) is 1. The predicted molar refractivity (Wildman–Crippen MR) is 97.8 cm³/mol. The summed E-state index contributed by atoms with van der Waals surface area (Å²) in [5.41, 5.74) is 1.89. The van der Waals surface area contributed by atoms with Gasteiger partial charge in [-0.3, -0.25) is 0 Å². The minimum atomic E-state index is -0.280. The van der Waals surface area contributed by atoms with Crippen molar-refractivity contribution in [3.05, 3.63) is 95.6 Å². The molecule has 27 heavy (non-hydrogen) atoms. The van der Waals surface area contributed by atoms with Crippen LogP contribution < -0.4 is 14.8 Å². The summed E-state index contributed by atoms with van der Waals surface area (Å²) in [6.07, 6.45) is -0.108. The van der Waals surface area contributed by atoms with E-state index in [0.29, 0.717) is 13.2 Å². The minimum absolute atomic E-state index is 0.0908. The summed E-state index contributed by atoms with van der Waals surface area (Å²) in [5.74, 6) is 0.930. The normalized spacial score (nSPS) is 15.7. The highest BCUT2D eigenvalue weighted by atomic mass is 19.1. The molecule has 0 unspecified atom stereocenters. The lowest BCUT2D eigenvalue weighted by Gasteiger charge is -2.27. The van der Waals surface area contributed by atoms with E-state index < -0.39 is 0 Å². The molecule has 3 nitrogen and oxygen atoms in total. The van der Waals surface area contributed by atoms with Crippen molar-refractivity contribution < 1.29 is 23.6 Å². The minimum Gasteiger partial charge on any atom is -0.486 e. The van der Waals surface area contributed by atoms with Crippen molar-refractivity contribution in [2.24, 2.45) is 0 Å². The molecule has 1 aliphatic heterocycles. The molecular formula is C22H20F2NO2+. The van der Waals surface area contributed by atoms with Gasteiger partial charge in [-0.2, -0.15) is 0 Å². The summed E-state index contributed by atoms with van der Waals surface area (Å²) in [4.78, 5) is 0. The second-order valence-corrected chi connectivity index (χ2v) is 6.55. The molecule has 0 radical (unpaired) electrons. The molecule has 0 saturated carbocycles. The zero-order chi connectivity index (χ0) is 18.6. The molecule has 3 aromatic rings. The molecule has 138 valence electrons. The summed E-state index contributed by atoms with van der Waals surface area (Å²) in [6.45, 7) is 1.11. The van der Waals surface area contributed by atoms with Crippen LogP contribution >= 0.6 is 0 Å². The monoisotopic (exact) mass is 368 g/mol. The molecule has 1 heterocycles. The molecule has 1 aliphatic rings. The van der Waals surface area contributed by atoms with Gasteiger partial charge in [0.05, 0.1) is 0 Å². The van der Waals surface area contributed by atoms with Crippen LogP contribution in [0.2, 0.25) is 0 Å². The van der Waals surface area contributed by atoms with Gasteiger partial charge in [0.15, 0.2) is 17.6 Å². The summed E-state index contributed by atoms with van der Waals surface area (Å²) in [5, 5.41) is 2.11. The van der Waals surface area contributed by atoms with E-state index in [1.165, 1.54) is 24.3 Å². The Morgan fingerprint density at radius 1 is 0.815 bits per heavy atom. The molecule has 0 aliphatic carbocycles. The van der Waals surface area contributed by atoms with Gasteiger partial charge in [-0.25, -0.2) is 8.78 Å². The van der Waals surface area contributed by atoms with Crippen LogP contribution in [0.25, 0.3) is 0 Å². The van der Waals surface area contributed by atoms with Crippen LogP contribution in [0.1, 0.15) is 17.2 Å². The first-order valence-electron chi connectivity index (χ1n) is 8.92. The first kappa shape index (κ1) is 17.5. The van der Waals surface area contributed by atoms with E-state index in [4.69, 9.17) is 9.47 Å². The number of ether oxygens (including phenoxy) is 2. The molecule has 5 heteroatoms. The zero-order valence-electron chi connectivity index (χ0n) is 14.6. The van der Waals surface area contributed by atoms with E-state index in [2.05, 4.69) is 5.32 Å². The summed E-state index contributed by atoms with van der Waals surface area (Å²) in [7, 11) is 0. The lowest BCUT2D eigenvalue weighted by atomic mass is 9.98. The average Bonchev–Trinajstić information content (AvgIpc) is 2.70. The molecule has 0 spiro atoms. The van der Waals surface area contributed by atoms with Crippen LogP contribution in [0, 0.1) is 11.6 Å². The molecule has 0 amide bonds. The highest BCUT2D eigenvalue weighted by Gasteiger charge is 2.25. The van der Waals surface area contributed by atoms with Crippen LogP contribution in [0.3, 0.4) is 0 Å². The molecule has 3 aromatic carbocycles. The van der Waals surface area contributed by atoms with E-state index in [0.717, 1.165) is 22.6 Å². The Morgan fingerprint density at radius 2 is 1.37 bits per heavy atom. The Bertz CT molecular complexity index is 851. The Balaban J connectivity index is 1.51. The van der Waals surface area contributed by atoms with Gasteiger partial charge in [-0.05, 0) is 60.7 Å². The van der Waals surface area contributed by atoms with Crippen LogP contribution in [0.15, 0.2) is 72.8 Å². The maximum atomic E-state index is 13.3. The van der Waals surface area contributed by atoms with E-state index in [1.54, 1.807) is 24.3 Å². The number of para-hydroxylation sites is 2. The fourth-order valence-corrected chi connectivity index (χ4v) is 3.27. The molecule has 0 bridgehead atoms. The first-order chi connectivity index (χ1) is 13.2. The molecule has 1 atom stereocenters. The van der Waals surface area contributed by atoms with Gasteiger partial charge in [-0.1, -0.05) is 12.1 Å². The number of benzene rings is 3. The van der Waals surface area contributed by atoms with Crippen molar-refractivity contribution >= 4 is 0 Å². The second-order valence-electron chi connectivity index (χ2n) is 6.55. The first-order valence-corrected chi connectivity index (χ1v) is 8.92. The second kappa shape index (κ2) is 7.76. The number of hydrogen-bond donors (Lipinski definition) is 1. The van der Waals surface area contributed by atoms with E-state index in [-0.39, 0.29) is 23.8 Å². The van der Waals surface area contributed by atoms with E-state index in [1.807, 2.05) is 24.3 Å². The molecular weight excluding hydrogens is 348 g/mol. The lowest BCUT2D eigenvalue weighted by Crippen LogP contribution is -2.88. The predicted octanol–water partition coefficient (Wildman–Crippen LogP) is 3.46. The van der Waals surface area contributed by atoms with Crippen LogP contribution in [0.5, 0.6) is 11.5 Å². The van der Waals surface area contributed by atoms with Crippen molar-refractivity contribution in [3.63, 3.8) is 0 Å². The van der Waals surface area contributed by atoms with Crippen LogP contribution in [-0.4, -0.2) is 19.3 Å². The number of hydrogen-bond acceptors (Lipinski definition) is 2. The maximum Gasteiger partial charge on any atom is 0.181 e. The highest BCUT2D eigenvalue weighted by Crippen LogP contribution is 2.30. The van der Waals surface area contributed by atoms with Gasteiger partial charge in [0.1, 0.15) is 30.8 Å². The molecule has 0 fully saturated rings. The third-order valence-corrected chi connectivity index (χ3v) is 4.66. The third-order valence-electron chi connectivity index (χ3n) is 4.66. The van der Waals surface area contributed by atoms with Crippen molar-refractivity contribution in [3.8, 4) is 11.5 Å². The standard InChI is InChI=1S/C22H19F2NO2/c23-17-9-5-15(6-10-17)22(16-7-11-18(24)12-8-16)25-13-19-14-26-20-3-1-2-4-21(20)27-19/h1-12,19,22,25H,13-14H2/p+1/t19-/m0/s1. The fraction of sp³-hybridized carbons (Fsp3) is 0.182. The number of rotatable bonds is 5. The van der Waals surface area contributed by atoms with Crippen LogP contribution in [0.4, 0.5) is 8.78 Å². The van der Waals surface area contributed by atoms with Gasteiger partial charge < -0.3 is 14.8 Å². The largest absolute Gasteiger partial charge is 0.486 e. The SMILES string of the molecule is Fc1ccc(C([NH2+]C[C@H]2COc3ccccc3O2)c2ccc(F)cc2)cc1. The van der Waals surface area contributed by atoms with Gasteiger partial charge >= 0.3 is 0 Å². The van der Waals surface area contributed by atoms with Gasteiger partial charge in [0.2, 0.25) is 0 Å². The number of fused-ring (bicyclic) bond motifs is 1. The summed E-state index contributed by atoms with van der Waals surface area (Å²) < 4.78 is 38.4. The number of halogens is 2. The molecule has 4 rings (SSSR count). The van der Waals surface area contributed by atoms with E-state index in [9.17, 15) is 8.78 Å². The smallest absolute Gasteiger partial charge is 0.181 e. The fourth-order valence-electron chi connectivity index (χ4n) is 3.27. The average molecular weight is 368 g/mol. The van der Waals surface area contributed by atoms with E-state index >= 15 is 0 Å². The van der Waals surface area contributed by atoms with Crippen molar-refractivity contribution in [2.45, 2.75) is 12.1 Å². The Labute approximate surface area is 156 Å². The summed E-state index contributed by atoms with van der Waals surface area (Å²) in [6, 6.07) is 20.3. The van der Waals surface area contributed by atoms with Gasteiger partial charge in [0.25, 0.3) is 0 Å². The van der Waals surface area contributed by atoms with Crippen LogP contribution in [-0.2, 0) is 0 Å². The number of quaternary nitrogens is 1. The summed E-state index contributed by atoms with van der Waals surface area (Å²) >= 11 is 0. The van der Waals surface area contributed by atoms with Crippen molar-refractivity contribution in [2.75, 3.05) is 13.2 Å². The van der Waals surface area contributed by atoms with Gasteiger partial charge in [0, 0.05) is 11.1 Å². The third kappa shape index (κ3) is 4.09. The molecule has 0 saturated heterocycles. The quantitative estimate of drug-likeness (QED) is 0.749. The Kier molecular flexibility index (Phi) is 5.03. The Hall–Kier alpha value is -2.92. The lowest BCUT2D eigenvalue weighted by molar-refractivity contribution is -0.692. The van der Waals surface area contributed by atoms with Crippen molar-refractivity contribution in [1.82, 2.24) is 0 Å².